The summed E-state index contributed by atoms with van der Waals surface area (Å²) in [4.78, 5) is 34.2. The summed E-state index contributed by atoms with van der Waals surface area (Å²) >= 11 is 0. The van der Waals surface area contributed by atoms with Crippen molar-refractivity contribution in [2.24, 2.45) is 0 Å². The van der Waals surface area contributed by atoms with Crippen molar-refractivity contribution in [2.75, 3.05) is 0 Å². The molecule has 0 amide bonds. The zero-order valence-electron chi connectivity index (χ0n) is 10.7. The van der Waals surface area contributed by atoms with E-state index in [0.717, 1.165) is 0 Å². The Morgan fingerprint density at radius 2 is 1.67 bits per heavy atom. The summed E-state index contributed by atoms with van der Waals surface area (Å²) in [6.45, 7) is 3.70. The predicted molar refractivity (Wildman–Crippen MR) is 63.7 cm³/mol. The molecule has 0 N–H and O–H groups in total. The van der Waals surface area contributed by atoms with E-state index in [0.29, 0.717) is 12.8 Å². The van der Waals surface area contributed by atoms with Crippen LogP contribution in [0.15, 0.2) is 12.2 Å². The largest absolute Gasteiger partial charge is 0.454 e. The molecule has 0 aliphatic heterocycles. The summed E-state index contributed by atoms with van der Waals surface area (Å²) in [6.07, 6.45) is 2.81. The van der Waals surface area contributed by atoms with Gasteiger partial charge in [-0.15, -0.1) is 0 Å². The second-order valence-electron chi connectivity index (χ2n) is 4.13. The van der Waals surface area contributed by atoms with E-state index in [-0.39, 0.29) is 18.6 Å². The van der Waals surface area contributed by atoms with Crippen molar-refractivity contribution in [3.63, 3.8) is 0 Å². The molecule has 0 spiro atoms. The Kier molecular flexibility index (Phi) is 5.55. The summed E-state index contributed by atoms with van der Waals surface area (Å²) < 4.78 is 10.1. The summed E-state index contributed by atoms with van der Waals surface area (Å²) in [7, 11) is 0. The first-order valence-corrected chi connectivity index (χ1v) is 6.19. The third kappa shape index (κ3) is 3.98. The van der Waals surface area contributed by atoms with Crippen LogP contribution in [0.5, 0.6) is 0 Å². The number of carbonyl (C=O) groups is 3. The van der Waals surface area contributed by atoms with Gasteiger partial charge >= 0.3 is 11.9 Å². The van der Waals surface area contributed by atoms with Gasteiger partial charge < -0.3 is 9.47 Å². The second-order valence-corrected chi connectivity index (χ2v) is 4.13. The van der Waals surface area contributed by atoms with Crippen LogP contribution >= 0.6 is 0 Å². The highest BCUT2D eigenvalue weighted by molar-refractivity contribution is 5.98. The Morgan fingerprint density at radius 1 is 1.11 bits per heavy atom. The monoisotopic (exact) mass is 254 g/mol. The molecule has 0 saturated heterocycles. The minimum absolute atomic E-state index is 0.249. The van der Waals surface area contributed by atoms with E-state index in [1.807, 2.05) is 13.8 Å². The molecular weight excluding hydrogens is 236 g/mol. The third-order valence-corrected chi connectivity index (χ3v) is 2.46. The summed E-state index contributed by atoms with van der Waals surface area (Å²) in [5.74, 6) is -1.18. The molecule has 0 aromatic heterocycles. The van der Waals surface area contributed by atoms with Crippen molar-refractivity contribution in [3.05, 3.63) is 12.2 Å². The van der Waals surface area contributed by atoms with Crippen molar-refractivity contribution >= 4 is 17.7 Å². The van der Waals surface area contributed by atoms with Gasteiger partial charge in [-0.25, -0.2) is 0 Å². The molecule has 0 bridgehead atoms. The van der Waals surface area contributed by atoms with E-state index >= 15 is 0 Å². The molecule has 100 valence electrons. The van der Waals surface area contributed by atoms with Gasteiger partial charge in [-0.1, -0.05) is 13.8 Å². The van der Waals surface area contributed by atoms with Gasteiger partial charge in [0.1, 0.15) is 0 Å². The molecule has 0 fully saturated rings. The van der Waals surface area contributed by atoms with Crippen LogP contribution in [-0.4, -0.2) is 29.9 Å². The molecular formula is C13H18O5. The molecule has 5 heteroatoms. The average Bonchev–Trinajstić information content (AvgIpc) is 2.62. The maximum Gasteiger partial charge on any atom is 0.306 e. The molecule has 5 nitrogen and oxygen atoms in total. The molecule has 0 aromatic rings. The zero-order valence-corrected chi connectivity index (χ0v) is 10.7. The van der Waals surface area contributed by atoms with Gasteiger partial charge in [0.05, 0.1) is 0 Å². The number of carbonyl (C=O) groups excluding carboxylic acids is 3. The number of ether oxygens (including phenoxy) is 2. The fraction of sp³-hybridized carbons (Fsp3) is 0.615. The molecule has 0 heterocycles. The normalized spacial score (nSPS) is 22.0. The summed E-state index contributed by atoms with van der Waals surface area (Å²) in [6, 6.07) is 0. The van der Waals surface area contributed by atoms with Gasteiger partial charge in [0, 0.05) is 12.8 Å². The highest BCUT2D eigenvalue weighted by atomic mass is 16.6. The fourth-order valence-corrected chi connectivity index (χ4v) is 1.59. The van der Waals surface area contributed by atoms with Gasteiger partial charge in [0.15, 0.2) is 11.9 Å². The second kappa shape index (κ2) is 6.93. The number of ketones is 1. The van der Waals surface area contributed by atoms with Crippen LogP contribution in [0, 0.1) is 0 Å². The maximum absolute atomic E-state index is 11.5. The smallest absolute Gasteiger partial charge is 0.306 e. The number of rotatable bonds is 6. The average molecular weight is 254 g/mol. The number of hydrogen-bond acceptors (Lipinski definition) is 5. The molecule has 0 radical (unpaired) electrons. The van der Waals surface area contributed by atoms with E-state index in [9.17, 15) is 14.4 Å². The molecule has 2 unspecified atom stereocenters. The van der Waals surface area contributed by atoms with Crippen LogP contribution < -0.4 is 0 Å². The van der Waals surface area contributed by atoms with Crippen LogP contribution in [0.25, 0.3) is 0 Å². The number of hydrogen-bond donors (Lipinski definition) is 0. The Hall–Kier alpha value is -1.65. The van der Waals surface area contributed by atoms with Gasteiger partial charge in [0.25, 0.3) is 0 Å². The molecule has 18 heavy (non-hydrogen) atoms. The number of esters is 2. The van der Waals surface area contributed by atoms with Crippen LogP contribution in [-0.2, 0) is 23.9 Å². The van der Waals surface area contributed by atoms with Crippen LogP contribution in [0.3, 0.4) is 0 Å². The van der Waals surface area contributed by atoms with Crippen LogP contribution in [0.4, 0.5) is 0 Å². The van der Waals surface area contributed by atoms with Crippen molar-refractivity contribution in [2.45, 2.75) is 51.7 Å². The minimum Gasteiger partial charge on any atom is -0.454 e. The van der Waals surface area contributed by atoms with Crippen LogP contribution in [0.2, 0.25) is 0 Å². The molecule has 0 saturated carbocycles. The van der Waals surface area contributed by atoms with Crippen LogP contribution in [0.1, 0.15) is 39.5 Å². The Labute approximate surface area is 106 Å². The first kappa shape index (κ1) is 14.4. The highest BCUT2D eigenvalue weighted by Gasteiger charge is 2.36. The first-order chi connectivity index (χ1) is 8.58. The first-order valence-electron chi connectivity index (χ1n) is 6.19. The summed E-state index contributed by atoms with van der Waals surface area (Å²) in [5, 5.41) is 0. The minimum atomic E-state index is -1.01. The molecule has 1 rings (SSSR count). The van der Waals surface area contributed by atoms with E-state index in [1.165, 1.54) is 12.2 Å². The molecule has 0 aromatic carbocycles. The molecule has 2 atom stereocenters. The Morgan fingerprint density at radius 3 is 2.22 bits per heavy atom. The van der Waals surface area contributed by atoms with E-state index in [1.54, 1.807) is 0 Å². The van der Waals surface area contributed by atoms with Gasteiger partial charge in [-0.2, -0.15) is 0 Å². The fourth-order valence-electron chi connectivity index (χ4n) is 1.59. The SMILES string of the molecule is CCCC(=O)OC1C=CC(=O)C1OC(=O)CCC. The lowest BCUT2D eigenvalue weighted by Gasteiger charge is -2.18. The summed E-state index contributed by atoms with van der Waals surface area (Å²) in [5.41, 5.74) is 0. The van der Waals surface area contributed by atoms with Crippen molar-refractivity contribution < 1.29 is 23.9 Å². The highest BCUT2D eigenvalue weighted by Crippen LogP contribution is 2.17. The predicted octanol–water partition coefficient (Wildman–Crippen LogP) is 1.55. The standard InChI is InChI=1S/C13H18O5/c1-3-5-11(15)17-10-8-7-9(14)13(10)18-12(16)6-4-2/h7-8,10,13H,3-6H2,1-2H3. The van der Waals surface area contributed by atoms with Gasteiger partial charge in [-0.05, 0) is 25.0 Å². The van der Waals surface area contributed by atoms with E-state index in [4.69, 9.17) is 9.47 Å². The quantitative estimate of drug-likeness (QED) is 0.672. The maximum atomic E-state index is 11.5. The third-order valence-electron chi connectivity index (χ3n) is 2.46. The van der Waals surface area contributed by atoms with Crippen molar-refractivity contribution in [1.82, 2.24) is 0 Å². The van der Waals surface area contributed by atoms with Gasteiger partial charge in [0.2, 0.25) is 6.10 Å². The lowest BCUT2D eigenvalue weighted by molar-refractivity contribution is -0.166. The van der Waals surface area contributed by atoms with Crippen molar-refractivity contribution in [1.29, 1.82) is 0 Å². The van der Waals surface area contributed by atoms with Crippen molar-refractivity contribution in [3.8, 4) is 0 Å². The zero-order chi connectivity index (χ0) is 13.5. The van der Waals surface area contributed by atoms with E-state index in [2.05, 4.69) is 0 Å². The topological polar surface area (TPSA) is 69.7 Å². The Balaban J connectivity index is 2.55. The van der Waals surface area contributed by atoms with Gasteiger partial charge in [-0.3, -0.25) is 14.4 Å². The van der Waals surface area contributed by atoms with E-state index < -0.39 is 24.1 Å². The molecule has 1 aliphatic rings. The molecule has 1 aliphatic carbocycles. The lowest BCUT2D eigenvalue weighted by atomic mass is 10.2. The Bertz CT molecular complexity index is 358. The lowest BCUT2D eigenvalue weighted by Crippen LogP contribution is -2.35.